The molecule has 0 aromatic heterocycles. The van der Waals surface area contributed by atoms with Crippen LogP contribution in [0.15, 0.2) is 18.2 Å². The first-order chi connectivity index (χ1) is 10.2. The maximum absolute atomic E-state index is 11.4. The Labute approximate surface area is 127 Å². The fourth-order valence-corrected chi connectivity index (χ4v) is 2.05. The van der Waals surface area contributed by atoms with Crippen LogP contribution in [0.4, 0.5) is 4.79 Å². The van der Waals surface area contributed by atoms with Gasteiger partial charge in [-0.1, -0.05) is 6.07 Å². The van der Waals surface area contributed by atoms with E-state index in [-0.39, 0.29) is 18.2 Å². The molecule has 0 saturated heterocycles. The van der Waals surface area contributed by atoms with Crippen molar-refractivity contribution in [2.45, 2.75) is 12.8 Å². The van der Waals surface area contributed by atoms with Gasteiger partial charge in [0.2, 0.25) is 5.91 Å². The van der Waals surface area contributed by atoms with Gasteiger partial charge in [-0.05, 0) is 24.1 Å². The van der Waals surface area contributed by atoms with Crippen LogP contribution in [0.2, 0.25) is 0 Å². The topological polar surface area (TPSA) is 76.7 Å². The molecule has 3 amide bonds. The van der Waals surface area contributed by atoms with Gasteiger partial charge in [-0.25, -0.2) is 4.79 Å². The molecule has 0 fully saturated rings. The van der Waals surface area contributed by atoms with Gasteiger partial charge in [0.25, 0.3) is 0 Å². The van der Waals surface area contributed by atoms with Crippen LogP contribution in [0, 0.1) is 0 Å². The number of nitrogens with one attached hydrogen (secondary N) is 2. The number of halogens is 1. The van der Waals surface area contributed by atoms with Gasteiger partial charge in [0.05, 0.1) is 0 Å². The quantitative estimate of drug-likeness (QED) is 0.807. The van der Waals surface area contributed by atoms with E-state index < -0.39 is 6.03 Å². The Morgan fingerprint density at radius 2 is 1.95 bits per heavy atom. The molecule has 6 nitrogen and oxygen atoms in total. The zero-order valence-corrected chi connectivity index (χ0v) is 12.2. The van der Waals surface area contributed by atoms with Crippen molar-refractivity contribution in [1.82, 2.24) is 10.6 Å². The van der Waals surface area contributed by atoms with E-state index in [1.807, 2.05) is 18.2 Å². The van der Waals surface area contributed by atoms with Crippen molar-refractivity contribution in [3.63, 3.8) is 0 Å². The lowest BCUT2D eigenvalue weighted by molar-refractivity contribution is -0.119. The Bertz CT molecular complexity index is 522. The summed E-state index contributed by atoms with van der Waals surface area (Å²) in [4.78, 5) is 22.6. The number of alkyl halides is 1. The summed E-state index contributed by atoms with van der Waals surface area (Å²) in [6, 6.07) is 5.16. The number of benzene rings is 1. The molecule has 114 valence electrons. The van der Waals surface area contributed by atoms with Crippen LogP contribution in [0.1, 0.15) is 12.0 Å². The van der Waals surface area contributed by atoms with Gasteiger partial charge in [-0.15, -0.1) is 11.6 Å². The van der Waals surface area contributed by atoms with Crippen LogP contribution in [0.3, 0.4) is 0 Å². The molecule has 1 aliphatic heterocycles. The summed E-state index contributed by atoms with van der Waals surface area (Å²) in [5.74, 6) is 1.26. The molecular weight excluding hydrogens is 296 g/mol. The van der Waals surface area contributed by atoms with E-state index in [0.717, 1.165) is 17.1 Å². The average molecular weight is 313 g/mol. The Balaban J connectivity index is 1.76. The summed E-state index contributed by atoms with van der Waals surface area (Å²) in [7, 11) is 0. The first-order valence-electron chi connectivity index (χ1n) is 6.71. The molecule has 21 heavy (non-hydrogen) atoms. The molecule has 0 atom stereocenters. The molecule has 7 heteroatoms. The molecule has 1 aromatic carbocycles. The summed E-state index contributed by atoms with van der Waals surface area (Å²) >= 11 is 5.41. The average Bonchev–Trinajstić information content (AvgIpc) is 2.47. The maximum atomic E-state index is 11.4. The third-order valence-corrected chi connectivity index (χ3v) is 3.07. The number of hydrogen-bond acceptors (Lipinski definition) is 4. The van der Waals surface area contributed by atoms with E-state index >= 15 is 0 Å². The third kappa shape index (κ3) is 4.82. The van der Waals surface area contributed by atoms with E-state index in [0.29, 0.717) is 26.2 Å². The van der Waals surface area contributed by atoms with Gasteiger partial charge < -0.3 is 14.8 Å². The first-order valence-corrected chi connectivity index (χ1v) is 7.24. The van der Waals surface area contributed by atoms with Crippen molar-refractivity contribution in [3.8, 4) is 11.5 Å². The molecule has 1 aromatic rings. The lowest BCUT2D eigenvalue weighted by atomic mass is 10.1. The zero-order valence-electron chi connectivity index (χ0n) is 11.5. The Hall–Kier alpha value is -1.95. The number of rotatable bonds is 5. The minimum atomic E-state index is -0.511. The number of carbonyl (C=O) groups is 2. The molecule has 0 spiro atoms. The van der Waals surface area contributed by atoms with Crippen LogP contribution in [-0.4, -0.2) is 37.6 Å². The Kier molecular flexibility index (Phi) is 5.68. The number of urea groups is 1. The Morgan fingerprint density at radius 3 is 2.71 bits per heavy atom. The normalized spacial score (nSPS) is 12.6. The second-order valence-electron chi connectivity index (χ2n) is 4.47. The molecule has 0 bridgehead atoms. The van der Waals surface area contributed by atoms with Crippen molar-refractivity contribution in [2.24, 2.45) is 0 Å². The zero-order chi connectivity index (χ0) is 15.1. The Morgan fingerprint density at radius 1 is 1.19 bits per heavy atom. The van der Waals surface area contributed by atoms with Gasteiger partial charge >= 0.3 is 6.03 Å². The molecule has 0 unspecified atom stereocenters. The van der Waals surface area contributed by atoms with Crippen LogP contribution in [-0.2, 0) is 11.2 Å². The van der Waals surface area contributed by atoms with E-state index in [1.165, 1.54) is 0 Å². The number of amides is 3. The van der Waals surface area contributed by atoms with Crippen molar-refractivity contribution in [3.05, 3.63) is 23.8 Å². The molecule has 1 heterocycles. The lowest BCUT2D eigenvalue weighted by Crippen LogP contribution is -2.40. The number of carbonyl (C=O) groups excluding carboxylic acids is 2. The minimum Gasteiger partial charge on any atom is -0.486 e. The number of imide groups is 1. The summed E-state index contributed by atoms with van der Waals surface area (Å²) in [6.45, 7) is 1.52. The fourth-order valence-electron chi connectivity index (χ4n) is 1.88. The predicted octanol–water partition coefficient (Wildman–Crippen LogP) is 1.45. The highest BCUT2D eigenvalue weighted by Crippen LogP contribution is 2.30. The van der Waals surface area contributed by atoms with Crippen LogP contribution < -0.4 is 20.1 Å². The maximum Gasteiger partial charge on any atom is 0.321 e. The molecular formula is C14H17ClN2O4. The predicted molar refractivity (Wildman–Crippen MR) is 78.0 cm³/mol. The summed E-state index contributed by atoms with van der Waals surface area (Å²) < 4.78 is 10.9. The number of fused-ring (bicyclic) bond motifs is 1. The van der Waals surface area contributed by atoms with Crippen molar-refractivity contribution in [2.75, 3.05) is 25.6 Å². The molecule has 2 rings (SSSR count). The lowest BCUT2D eigenvalue weighted by Gasteiger charge is -2.18. The van der Waals surface area contributed by atoms with E-state index in [9.17, 15) is 9.59 Å². The second kappa shape index (κ2) is 7.73. The largest absolute Gasteiger partial charge is 0.486 e. The fraction of sp³-hybridized carbons (Fsp3) is 0.429. The monoisotopic (exact) mass is 312 g/mol. The van der Waals surface area contributed by atoms with Gasteiger partial charge in [0.15, 0.2) is 11.5 Å². The molecule has 0 radical (unpaired) electrons. The summed E-state index contributed by atoms with van der Waals surface area (Å²) in [6.07, 6.45) is 0.755. The van der Waals surface area contributed by atoms with Crippen LogP contribution in [0.5, 0.6) is 11.5 Å². The van der Waals surface area contributed by atoms with Gasteiger partial charge in [-0.3, -0.25) is 10.1 Å². The molecule has 2 N–H and O–H groups in total. The smallest absolute Gasteiger partial charge is 0.321 e. The van der Waals surface area contributed by atoms with Gasteiger partial charge in [-0.2, -0.15) is 0 Å². The second-order valence-corrected chi connectivity index (χ2v) is 4.85. The van der Waals surface area contributed by atoms with Crippen molar-refractivity contribution >= 4 is 23.5 Å². The summed E-state index contributed by atoms with van der Waals surface area (Å²) in [5, 5.41) is 4.81. The third-order valence-electron chi connectivity index (χ3n) is 2.88. The van der Waals surface area contributed by atoms with Crippen LogP contribution >= 0.6 is 11.6 Å². The van der Waals surface area contributed by atoms with Crippen molar-refractivity contribution < 1.29 is 19.1 Å². The van der Waals surface area contributed by atoms with E-state index in [1.54, 1.807) is 0 Å². The molecule has 1 aliphatic rings. The highest BCUT2D eigenvalue weighted by atomic mass is 35.5. The standard InChI is InChI=1S/C14H17ClN2O4/c15-5-3-13(18)17-14(19)16-6-4-10-1-2-11-12(9-10)21-8-7-20-11/h1-2,9H,3-8H2,(H2,16,17,18,19). The highest BCUT2D eigenvalue weighted by molar-refractivity contribution is 6.19. The van der Waals surface area contributed by atoms with Gasteiger partial charge in [0.1, 0.15) is 13.2 Å². The number of ether oxygens (including phenoxy) is 2. The van der Waals surface area contributed by atoms with Crippen LogP contribution in [0.25, 0.3) is 0 Å². The van der Waals surface area contributed by atoms with Gasteiger partial charge in [0, 0.05) is 18.8 Å². The highest BCUT2D eigenvalue weighted by Gasteiger charge is 2.12. The molecule has 0 aliphatic carbocycles. The minimum absolute atomic E-state index is 0.122. The first kappa shape index (κ1) is 15.4. The van der Waals surface area contributed by atoms with E-state index in [4.69, 9.17) is 21.1 Å². The molecule has 0 saturated carbocycles. The number of hydrogen-bond donors (Lipinski definition) is 2. The van der Waals surface area contributed by atoms with Crippen molar-refractivity contribution in [1.29, 1.82) is 0 Å². The SMILES string of the molecule is O=C(CCCl)NC(=O)NCCc1ccc2c(c1)OCCO2. The summed E-state index contributed by atoms with van der Waals surface area (Å²) in [5.41, 5.74) is 1.02. The van der Waals surface area contributed by atoms with E-state index in [2.05, 4.69) is 10.6 Å².